The first kappa shape index (κ1) is 17.0. The monoisotopic (exact) mass is 367 g/mol. The van der Waals surface area contributed by atoms with Gasteiger partial charge in [-0.05, 0) is 49.2 Å². The number of carbonyl (C=O) groups is 2. The number of anilines is 2. The largest absolute Gasteiger partial charge is 0.417 e. The highest BCUT2D eigenvalue weighted by atomic mass is 16.5. The van der Waals surface area contributed by atoms with E-state index in [9.17, 15) is 14.4 Å². The summed E-state index contributed by atoms with van der Waals surface area (Å²) in [6, 6.07) is 11.5. The Hall–Kier alpha value is -3.39. The molecule has 0 aliphatic carbocycles. The molecule has 0 bridgehead atoms. The highest BCUT2D eigenvalue weighted by Crippen LogP contribution is 2.19. The maximum absolute atomic E-state index is 12.5. The minimum Gasteiger partial charge on any atom is -0.408 e. The minimum atomic E-state index is -0.553. The summed E-state index contributed by atoms with van der Waals surface area (Å²) in [5.41, 5.74) is 2.34. The molecule has 1 saturated heterocycles. The normalized spacial score (nSPS) is 16.4. The molecular weight excluding hydrogens is 350 g/mol. The Balaban J connectivity index is 1.47. The molecule has 2 heterocycles. The number of nitrogens with one attached hydrogen (secondary N) is 3. The van der Waals surface area contributed by atoms with Crippen LogP contribution in [-0.4, -0.2) is 29.5 Å². The minimum absolute atomic E-state index is 0.209. The van der Waals surface area contributed by atoms with Crippen molar-refractivity contribution in [1.29, 1.82) is 0 Å². The van der Waals surface area contributed by atoms with E-state index in [1.165, 1.54) is 0 Å². The predicted molar refractivity (Wildman–Crippen MR) is 98.8 cm³/mol. The molecule has 0 saturated carbocycles. The van der Waals surface area contributed by atoms with Crippen molar-refractivity contribution in [2.24, 2.45) is 0 Å². The molecule has 1 aliphatic heterocycles. The van der Waals surface area contributed by atoms with E-state index in [1.807, 2.05) is 0 Å². The molecule has 1 fully saturated rings. The molecule has 1 unspecified atom stereocenters. The average Bonchev–Trinajstić information content (AvgIpc) is 3.30. The van der Waals surface area contributed by atoms with Gasteiger partial charge in [-0.15, -0.1) is 0 Å². The molecule has 0 radical (unpaired) electrons. The van der Waals surface area contributed by atoms with Gasteiger partial charge in [0.05, 0.1) is 5.52 Å². The zero-order chi connectivity index (χ0) is 18.8. The number of hydrogen-bond acceptors (Lipinski definition) is 5. The van der Waals surface area contributed by atoms with Crippen LogP contribution in [0.1, 0.15) is 23.2 Å². The molecule has 2 amide bonds. The summed E-state index contributed by atoms with van der Waals surface area (Å²) in [6.07, 6.45) is 1.13. The van der Waals surface area contributed by atoms with Crippen molar-refractivity contribution in [3.8, 4) is 0 Å². The third kappa shape index (κ3) is 3.75. The zero-order valence-electron chi connectivity index (χ0n) is 14.3. The Bertz CT molecular complexity index is 1060. The van der Waals surface area contributed by atoms with Gasteiger partial charge in [-0.1, -0.05) is 6.07 Å². The van der Waals surface area contributed by atoms with Gasteiger partial charge in [0.25, 0.3) is 11.8 Å². The molecule has 3 aromatic rings. The molecule has 8 heteroatoms. The Kier molecular flexibility index (Phi) is 4.47. The van der Waals surface area contributed by atoms with Gasteiger partial charge >= 0.3 is 5.76 Å². The third-order valence-electron chi connectivity index (χ3n) is 4.29. The summed E-state index contributed by atoms with van der Waals surface area (Å²) in [5.74, 6) is -1.10. The van der Waals surface area contributed by atoms with Gasteiger partial charge in [0.15, 0.2) is 5.58 Å². The number of amides is 2. The van der Waals surface area contributed by atoms with Crippen LogP contribution < -0.4 is 16.4 Å². The second-order valence-corrected chi connectivity index (χ2v) is 6.25. The highest BCUT2D eigenvalue weighted by molar-refractivity contribution is 6.06. The van der Waals surface area contributed by atoms with Crippen molar-refractivity contribution in [3.05, 3.63) is 58.6 Å². The standard InChI is InChI=1S/C19H17N3O5/c23-17(20-13-6-7-15-14(10-13)22-19(25)27-15)11-3-1-4-12(9-11)21-18(24)16-5-2-8-26-16/h1,3-4,6-7,9-10,16H,2,5,8H2,(H,20,23)(H,21,24)(H,22,25). The third-order valence-corrected chi connectivity index (χ3v) is 4.29. The number of carbonyl (C=O) groups excluding carboxylic acids is 2. The number of ether oxygens (including phenoxy) is 1. The lowest BCUT2D eigenvalue weighted by Crippen LogP contribution is -2.27. The van der Waals surface area contributed by atoms with Crippen LogP contribution in [0.5, 0.6) is 0 Å². The number of H-pyrrole nitrogens is 1. The molecule has 2 aromatic carbocycles. The lowest BCUT2D eigenvalue weighted by molar-refractivity contribution is -0.124. The SMILES string of the molecule is O=C(Nc1ccc2oc(=O)[nH]c2c1)c1cccc(NC(=O)C2CCCO2)c1. The van der Waals surface area contributed by atoms with E-state index in [-0.39, 0.29) is 11.8 Å². The van der Waals surface area contributed by atoms with Gasteiger partial charge in [0.1, 0.15) is 6.10 Å². The van der Waals surface area contributed by atoms with Crippen molar-refractivity contribution < 1.29 is 18.7 Å². The first-order valence-corrected chi connectivity index (χ1v) is 8.55. The van der Waals surface area contributed by atoms with Crippen molar-refractivity contribution in [3.63, 3.8) is 0 Å². The summed E-state index contributed by atoms with van der Waals surface area (Å²) >= 11 is 0. The molecule has 138 valence electrons. The first-order chi connectivity index (χ1) is 13.1. The van der Waals surface area contributed by atoms with Crippen LogP contribution in [-0.2, 0) is 9.53 Å². The summed E-state index contributed by atoms with van der Waals surface area (Å²) in [5, 5.41) is 5.53. The van der Waals surface area contributed by atoms with Gasteiger partial charge < -0.3 is 19.8 Å². The Labute approximate surface area is 153 Å². The van der Waals surface area contributed by atoms with E-state index in [0.717, 1.165) is 6.42 Å². The second-order valence-electron chi connectivity index (χ2n) is 6.25. The molecule has 3 N–H and O–H groups in total. The molecular formula is C19H17N3O5. The van der Waals surface area contributed by atoms with E-state index in [0.29, 0.717) is 41.1 Å². The number of benzene rings is 2. The van der Waals surface area contributed by atoms with Crippen LogP contribution in [0, 0.1) is 0 Å². The number of rotatable bonds is 4. The van der Waals surface area contributed by atoms with Crippen LogP contribution in [0.2, 0.25) is 0 Å². The maximum Gasteiger partial charge on any atom is 0.417 e. The number of fused-ring (bicyclic) bond motifs is 1. The molecule has 1 aliphatic rings. The summed E-state index contributed by atoms with van der Waals surface area (Å²) in [7, 11) is 0. The molecule has 8 nitrogen and oxygen atoms in total. The van der Waals surface area contributed by atoms with Crippen molar-refractivity contribution in [2.45, 2.75) is 18.9 Å². The topological polar surface area (TPSA) is 113 Å². The van der Waals surface area contributed by atoms with Gasteiger partial charge in [-0.25, -0.2) is 4.79 Å². The Morgan fingerprint density at radius 2 is 1.93 bits per heavy atom. The molecule has 1 atom stereocenters. The van der Waals surface area contributed by atoms with E-state index in [1.54, 1.807) is 42.5 Å². The van der Waals surface area contributed by atoms with Crippen LogP contribution in [0.3, 0.4) is 0 Å². The van der Waals surface area contributed by atoms with Gasteiger partial charge in [-0.3, -0.25) is 14.6 Å². The van der Waals surface area contributed by atoms with Crippen LogP contribution in [0.25, 0.3) is 11.1 Å². The van der Waals surface area contributed by atoms with Gasteiger partial charge in [-0.2, -0.15) is 0 Å². The quantitative estimate of drug-likeness (QED) is 0.656. The number of aromatic amines is 1. The fraction of sp³-hybridized carbons (Fsp3) is 0.211. The predicted octanol–water partition coefficient (Wildman–Crippen LogP) is 2.49. The number of aromatic nitrogens is 1. The highest BCUT2D eigenvalue weighted by Gasteiger charge is 2.23. The second kappa shape index (κ2) is 7.08. The van der Waals surface area contributed by atoms with E-state index >= 15 is 0 Å². The van der Waals surface area contributed by atoms with Gasteiger partial charge in [0, 0.05) is 23.5 Å². The first-order valence-electron chi connectivity index (χ1n) is 8.55. The summed E-state index contributed by atoms with van der Waals surface area (Å²) in [4.78, 5) is 38.4. The van der Waals surface area contributed by atoms with E-state index < -0.39 is 11.9 Å². The van der Waals surface area contributed by atoms with Crippen LogP contribution in [0.4, 0.5) is 11.4 Å². The zero-order valence-corrected chi connectivity index (χ0v) is 14.3. The molecule has 1 aromatic heterocycles. The Morgan fingerprint density at radius 3 is 2.74 bits per heavy atom. The number of oxazole rings is 1. The molecule has 27 heavy (non-hydrogen) atoms. The van der Waals surface area contributed by atoms with E-state index in [2.05, 4.69) is 15.6 Å². The fourth-order valence-corrected chi connectivity index (χ4v) is 2.98. The van der Waals surface area contributed by atoms with Crippen LogP contribution >= 0.6 is 0 Å². The number of hydrogen-bond donors (Lipinski definition) is 3. The van der Waals surface area contributed by atoms with Crippen molar-refractivity contribution >= 4 is 34.3 Å². The maximum atomic E-state index is 12.5. The average molecular weight is 367 g/mol. The lowest BCUT2D eigenvalue weighted by atomic mass is 10.1. The smallest absolute Gasteiger partial charge is 0.408 e. The van der Waals surface area contributed by atoms with E-state index in [4.69, 9.17) is 9.15 Å². The molecule has 0 spiro atoms. The van der Waals surface area contributed by atoms with Crippen molar-refractivity contribution in [2.75, 3.05) is 17.2 Å². The Morgan fingerprint density at radius 1 is 1.07 bits per heavy atom. The van der Waals surface area contributed by atoms with Crippen molar-refractivity contribution in [1.82, 2.24) is 4.98 Å². The molecule has 4 rings (SSSR count). The fourth-order valence-electron chi connectivity index (χ4n) is 2.98. The summed E-state index contributed by atoms with van der Waals surface area (Å²) < 4.78 is 10.3. The summed E-state index contributed by atoms with van der Waals surface area (Å²) in [6.45, 7) is 0.590. The van der Waals surface area contributed by atoms with Crippen LogP contribution in [0.15, 0.2) is 51.7 Å². The van der Waals surface area contributed by atoms with Gasteiger partial charge in [0.2, 0.25) is 0 Å². The lowest BCUT2D eigenvalue weighted by Gasteiger charge is -2.11.